The Morgan fingerprint density at radius 1 is 1.17 bits per heavy atom. The van der Waals surface area contributed by atoms with Crippen LogP contribution in [0.15, 0.2) is 0 Å². The van der Waals surface area contributed by atoms with Crippen molar-refractivity contribution in [1.29, 1.82) is 0 Å². The highest BCUT2D eigenvalue weighted by atomic mass is 16.6. The quantitative estimate of drug-likeness (QED) is 0.780. The summed E-state index contributed by atoms with van der Waals surface area (Å²) < 4.78 is 5.33. The number of carbonyl (C=O) groups is 2. The van der Waals surface area contributed by atoms with Crippen molar-refractivity contribution in [2.24, 2.45) is 5.92 Å². The van der Waals surface area contributed by atoms with Gasteiger partial charge in [0, 0.05) is 6.04 Å². The molecule has 102 valence electrons. The number of nitrogens with zero attached hydrogens (tertiary/aromatic N) is 1. The summed E-state index contributed by atoms with van der Waals surface area (Å²) in [5.41, 5.74) is -0.586. The third-order valence-electron chi connectivity index (χ3n) is 3.74. The second kappa shape index (κ2) is 4.44. The summed E-state index contributed by atoms with van der Waals surface area (Å²) in [5, 5.41) is 9.33. The minimum atomic E-state index is -0.907. The van der Waals surface area contributed by atoms with E-state index in [-0.39, 0.29) is 12.0 Å². The fourth-order valence-corrected chi connectivity index (χ4v) is 3.05. The van der Waals surface area contributed by atoms with Crippen LogP contribution in [0.2, 0.25) is 0 Å². The van der Waals surface area contributed by atoms with Crippen LogP contribution in [0.25, 0.3) is 0 Å². The molecule has 2 bridgehead atoms. The maximum Gasteiger partial charge on any atom is 0.411 e. The Bertz CT molecular complexity index is 352. The molecule has 0 spiro atoms. The Morgan fingerprint density at radius 3 is 2.17 bits per heavy atom. The Morgan fingerprint density at radius 2 is 1.72 bits per heavy atom. The Hall–Kier alpha value is -1.26. The van der Waals surface area contributed by atoms with Gasteiger partial charge in [-0.15, -0.1) is 0 Å². The summed E-state index contributed by atoms with van der Waals surface area (Å²) in [6.07, 6.45) is 3.12. The maximum absolute atomic E-state index is 12.2. The average molecular weight is 255 g/mol. The van der Waals surface area contributed by atoms with Gasteiger partial charge in [0.05, 0.1) is 0 Å². The summed E-state index contributed by atoms with van der Waals surface area (Å²) >= 11 is 0. The number of hydrogen-bond donors (Lipinski definition) is 1. The smallest absolute Gasteiger partial charge is 0.411 e. The van der Waals surface area contributed by atoms with Gasteiger partial charge in [-0.3, -0.25) is 4.90 Å². The molecule has 0 radical (unpaired) electrons. The van der Waals surface area contributed by atoms with Crippen LogP contribution in [0.1, 0.15) is 46.5 Å². The fraction of sp³-hybridized carbons (Fsp3) is 0.846. The fourth-order valence-electron chi connectivity index (χ4n) is 3.05. The largest absolute Gasteiger partial charge is 0.480 e. The number of carbonyl (C=O) groups excluding carboxylic acids is 1. The third kappa shape index (κ3) is 2.44. The van der Waals surface area contributed by atoms with Crippen LogP contribution in [0.3, 0.4) is 0 Å². The molecule has 2 saturated heterocycles. The third-order valence-corrected chi connectivity index (χ3v) is 3.74. The van der Waals surface area contributed by atoms with Crippen LogP contribution < -0.4 is 0 Å². The van der Waals surface area contributed by atoms with Gasteiger partial charge in [0.1, 0.15) is 11.6 Å². The van der Waals surface area contributed by atoms with Crippen molar-refractivity contribution in [2.75, 3.05) is 0 Å². The van der Waals surface area contributed by atoms with Crippen LogP contribution in [-0.4, -0.2) is 39.8 Å². The highest BCUT2D eigenvalue weighted by Crippen LogP contribution is 2.40. The van der Waals surface area contributed by atoms with Crippen molar-refractivity contribution in [1.82, 2.24) is 4.90 Å². The van der Waals surface area contributed by atoms with Crippen molar-refractivity contribution in [3.8, 4) is 0 Å². The van der Waals surface area contributed by atoms with Crippen LogP contribution in [0, 0.1) is 5.92 Å². The van der Waals surface area contributed by atoms with Gasteiger partial charge in [-0.2, -0.15) is 0 Å². The van der Waals surface area contributed by atoms with Crippen molar-refractivity contribution < 1.29 is 19.4 Å². The van der Waals surface area contributed by atoms with Crippen molar-refractivity contribution in [3.05, 3.63) is 0 Å². The van der Waals surface area contributed by atoms with E-state index in [1.807, 2.05) is 0 Å². The van der Waals surface area contributed by atoms with E-state index in [1.54, 1.807) is 20.8 Å². The molecule has 3 aliphatic rings. The predicted octanol–water partition coefficient (Wildman–Crippen LogP) is 2.25. The van der Waals surface area contributed by atoms with E-state index in [0.717, 1.165) is 25.7 Å². The van der Waals surface area contributed by atoms with E-state index in [9.17, 15) is 14.7 Å². The molecule has 3 rings (SSSR count). The molecular weight excluding hydrogens is 234 g/mol. The number of hydrogen-bond acceptors (Lipinski definition) is 3. The van der Waals surface area contributed by atoms with Gasteiger partial charge in [0.2, 0.25) is 0 Å². The first kappa shape index (κ1) is 13.2. The Kier molecular flexibility index (Phi) is 3.25. The van der Waals surface area contributed by atoms with Crippen molar-refractivity contribution in [2.45, 2.75) is 64.1 Å². The molecule has 2 heterocycles. The number of piperidine rings is 2. The van der Waals surface area contributed by atoms with Crippen molar-refractivity contribution in [3.63, 3.8) is 0 Å². The zero-order chi connectivity index (χ0) is 13.5. The van der Waals surface area contributed by atoms with Gasteiger partial charge in [-0.25, -0.2) is 9.59 Å². The van der Waals surface area contributed by atoms with E-state index in [0.29, 0.717) is 0 Å². The lowest BCUT2D eigenvalue weighted by Crippen LogP contribution is -2.61. The zero-order valence-corrected chi connectivity index (χ0v) is 11.2. The molecule has 5 heteroatoms. The Labute approximate surface area is 107 Å². The maximum atomic E-state index is 12.2. The lowest BCUT2D eigenvalue weighted by atomic mass is 9.75. The summed E-state index contributed by atoms with van der Waals surface area (Å²) in [6.45, 7) is 5.38. The first-order valence-corrected chi connectivity index (χ1v) is 6.54. The highest BCUT2D eigenvalue weighted by molar-refractivity contribution is 5.81. The molecule has 1 aliphatic carbocycles. The molecule has 5 nitrogen and oxygen atoms in total. The van der Waals surface area contributed by atoms with Gasteiger partial charge in [-0.05, 0) is 52.4 Å². The van der Waals surface area contributed by atoms with Crippen LogP contribution >= 0.6 is 0 Å². The normalized spacial score (nSPS) is 31.3. The molecule has 0 aromatic heterocycles. The minimum absolute atomic E-state index is 0.0333. The van der Waals surface area contributed by atoms with Gasteiger partial charge in [0.25, 0.3) is 0 Å². The lowest BCUT2D eigenvalue weighted by molar-refractivity contribution is -0.152. The topological polar surface area (TPSA) is 66.8 Å². The minimum Gasteiger partial charge on any atom is -0.480 e. The predicted molar refractivity (Wildman–Crippen MR) is 65.2 cm³/mol. The van der Waals surface area contributed by atoms with E-state index >= 15 is 0 Å². The number of amides is 1. The van der Waals surface area contributed by atoms with E-state index < -0.39 is 23.7 Å². The number of ether oxygens (including phenoxy) is 1. The molecular formula is C13H21NO4. The summed E-state index contributed by atoms with van der Waals surface area (Å²) in [5.74, 6) is -0.824. The molecule has 18 heavy (non-hydrogen) atoms. The SMILES string of the molecule is CC(C)(C)OC(=O)N1[C@H]2CC[C@H](CC2)[C@H]1C(=O)O. The lowest BCUT2D eigenvalue weighted by Gasteiger charge is -2.49. The number of carboxylic acid groups (broad SMARTS) is 1. The number of fused-ring (bicyclic) bond motifs is 3. The molecule has 1 atom stereocenters. The van der Waals surface area contributed by atoms with Gasteiger partial charge in [0.15, 0.2) is 0 Å². The average Bonchev–Trinajstić information content (AvgIpc) is 2.26. The second-order valence-corrected chi connectivity index (χ2v) is 6.24. The Balaban J connectivity index is 2.18. The van der Waals surface area contributed by atoms with Gasteiger partial charge in [-0.1, -0.05) is 0 Å². The first-order valence-electron chi connectivity index (χ1n) is 6.54. The number of rotatable bonds is 1. The standard InChI is InChI=1S/C13H21NO4/c1-13(2,3)18-12(17)14-9-6-4-8(5-7-9)10(14)11(15)16/h8-10H,4-7H2,1-3H3,(H,15,16)/t8-,9+,10-/m0/s1. The molecule has 0 aromatic carbocycles. The molecule has 1 amide bonds. The molecule has 0 aromatic rings. The van der Waals surface area contributed by atoms with E-state index in [4.69, 9.17) is 4.74 Å². The van der Waals surface area contributed by atoms with Gasteiger partial charge < -0.3 is 9.84 Å². The summed E-state index contributed by atoms with van der Waals surface area (Å²) in [4.78, 5) is 25.0. The number of aliphatic carboxylic acids is 1. The molecule has 0 unspecified atom stereocenters. The molecule has 1 saturated carbocycles. The molecule has 2 aliphatic heterocycles. The summed E-state index contributed by atoms with van der Waals surface area (Å²) in [6, 6.07) is -0.668. The van der Waals surface area contributed by atoms with E-state index in [2.05, 4.69) is 0 Å². The highest BCUT2D eigenvalue weighted by Gasteiger charge is 2.48. The van der Waals surface area contributed by atoms with Gasteiger partial charge >= 0.3 is 12.1 Å². The summed E-state index contributed by atoms with van der Waals surface area (Å²) in [7, 11) is 0. The van der Waals surface area contributed by atoms with Crippen LogP contribution in [0.5, 0.6) is 0 Å². The van der Waals surface area contributed by atoms with Crippen LogP contribution in [-0.2, 0) is 9.53 Å². The van der Waals surface area contributed by atoms with Crippen molar-refractivity contribution >= 4 is 12.1 Å². The zero-order valence-electron chi connectivity index (χ0n) is 11.2. The monoisotopic (exact) mass is 255 g/mol. The molecule has 1 N–H and O–H groups in total. The number of carboxylic acids is 1. The second-order valence-electron chi connectivity index (χ2n) is 6.24. The van der Waals surface area contributed by atoms with E-state index in [1.165, 1.54) is 4.90 Å². The first-order chi connectivity index (χ1) is 8.29. The van der Waals surface area contributed by atoms with Crippen LogP contribution in [0.4, 0.5) is 4.79 Å². The molecule has 3 fully saturated rings.